The zero-order valence-electron chi connectivity index (χ0n) is 14.1. The molecule has 1 aliphatic rings. The smallest absolute Gasteiger partial charge is 0.416 e. The summed E-state index contributed by atoms with van der Waals surface area (Å²) in [5.41, 5.74) is -2.02. The third kappa shape index (κ3) is 5.31. The quantitative estimate of drug-likeness (QED) is 0.487. The maximum atomic E-state index is 12.7. The van der Waals surface area contributed by atoms with Crippen molar-refractivity contribution in [2.24, 2.45) is 5.92 Å². The van der Waals surface area contributed by atoms with Crippen molar-refractivity contribution in [1.82, 2.24) is 5.32 Å². The first-order chi connectivity index (χ1) is 12.6. The second-order valence-corrected chi connectivity index (χ2v) is 6.21. The molecular formula is C16H18F3N3O5. The molecule has 1 aliphatic carbocycles. The van der Waals surface area contributed by atoms with Gasteiger partial charge in [0.2, 0.25) is 5.91 Å². The molecule has 148 valence electrons. The monoisotopic (exact) mass is 389 g/mol. The van der Waals surface area contributed by atoms with Crippen LogP contribution in [0.3, 0.4) is 0 Å². The van der Waals surface area contributed by atoms with Crippen LogP contribution >= 0.6 is 0 Å². The Morgan fingerprint density at radius 3 is 2.59 bits per heavy atom. The SMILES string of the molecule is O=C(CCNc1ccc(C(F)(F)F)cc1[N+](=O)[O-])N[C@H]1CCC[C@H]1C(=O)O. The molecule has 0 unspecified atom stereocenters. The Kier molecular flexibility index (Phi) is 6.24. The summed E-state index contributed by atoms with van der Waals surface area (Å²) in [6, 6.07) is 1.62. The number of nitro groups is 1. The van der Waals surface area contributed by atoms with Crippen molar-refractivity contribution in [3.05, 3.63) is 33.9 Å². The van der Waals surface area contributed by atoms with E-state index in [2.05, 4.69) is 10.6 Å². The zero-order valence-corrected chi connectivity index (χ0v) is 14.1. The number of carbonyl (C=O) groups excluding carboxylic acids is 1. The number of amides is 1. The van der Waals surface area contributed by atoms with Gasteiger partial charge in [0.25, 0.3) is 5.69 Å². The molecule has 3 N–H and O–H groups in total. The molecule has 0 saturated heterocycles. The Morgan fingerprint density at radius 1 is 1.30 bits per heavy atom. The summed E-state index contributed by atoms with van der Waals surface area (Å²) >= 11 is 0. The van der Waals surface area contributed by atoms with Gasteiger partial charge in [0.1, 0.15) is 5.69 Å². The van der Waals surface area contributed by atoms with Crippen LogP contribution in [0.25, 0.3) is 0 Å². The number of nitrogens with zero attached hydrogens (tertiary/aromatic N) is 1. The molecule has 2 rings (SSSR count). The molecule has 2 atom stereocenters. The summed E-state index contributed by atoms with van der Waals surface area (Å²) in [4.78, 5) is 33.1. The standard InChI is InChI=1S/C16H18F3N3O5/c17-16(18,19)9-4-5-12(13(8-9)22(26)27)20-7-6-14(23)21-11-3-1-2-10(11)15(24)25/h4-5,8,10-11,20H,1-3,6-7H2,(H,21,23)(H,24,25)/t10-,11+/m1/s1. The fraction of sp³-hybridized carbons (Fsp3) is 0.500. The van der Waals surface area contributed by atoms with Crippen molar-refractivity contribution in [3.63, 3.8) is 0 Å². The van der Waals surface area contributed by atoms with Crippen molar-refractivity contribution in [2.45, 2.75) is 37.9 Å². The molecular weight excluding hydrogens is 371 g/mol. The molecule has 1 saturated carbocycles. The highest BCUT2D eigenvalue weighted by Crippen LogP contribution is 2.35. The summed E-state index contributed by atoms with van der Waals surface area (Å²) in [6.45, 7) is -0.0531. The minimum absolute atomic E-state index is 0.0531. The Labute approximate surface area is 151 Å². The van der Waals surface area contributed by atoms with Gasteiger partial charge in [0, 0.05) is 25.1 Å². The van der Waals surface area contributed by atoms with Crippen LogP contribution in [0.1, 0.15) is 31.2 Å². The van der Waals surface area contributed by atoms with Gasteiger partial charge in [-0.15, -0.1) is 0 Å². The number of aliphatic carboxylic acids is 1. The fourth-order valence-electron chi connectivity index (χ4n) is 3.03. The molecule has 11 heteroatoms. The van der Waals surface area contributed by atoms with Crippen LogP contribution in [0.2, 0.25) is 0 Å². The largest absolute Gasteiger partial charge is 0.481 e. The van der Waals surface area contributed by atoms with E-state index in [4.69, 9.17) is 5.11 Å². The number of nitro benzene ring substituents is 1. The molecule has 0 bridgehead atoms. The molecule has 0 spiro atoms. The average Bonchev–Trinajstić information content (AvgIpc) is 3.02. The molecule has 27 heavy (non-hydrogen) atoms. The number of carbonyl (C=O) groups is 2. The Balaban J connectivity index is 1.93. The predicted molar refractivity (Wildman–Crippen MR) is 88.1 cm³/mol. The van der Waals surface area contributed by atoms with Crippen LogP contribution in [0.4, 0.5) is 24.5 Å². The Morgan fingerprint density at radius 2 is 2.00 bits per heavy atom. The van der Waals surface area contributed by atoms with Crippen LogP contribution in [0, 0.1) is 16.0 Å². The van der Waals surface area contributed by atoms with E-state index in [-0.39, 0.29) is 18.7 Å². The van der Waals surface area contributed by atoms with Crippen LogP contribution in [-0.4, -0.2) is 34.5 Å². The minimum Gasteiger partial charge on any atom is -0.481 e. The summed E-state index contributed by atoms with van der Waals surface area (Å²) < 4.78 is 38.0. The first-order valence-corrected chi connectivity index (χ1v) is 8.21. The van der Waals surface area contributed by atoms with Gasteiger partial charge in [-0.1, -0.05) is 6.42 Å². The van der Waals surface area contributed by atoms with Crippen molar-refractivity contribution in [2.75, 3.05) is 11.9 Å². The lowest BCUT2D eigenvalue weighted by molar-refractivity contribution is -0.384. The first kappa shape index (κ1) is 20.5. The second-order valence-electron chi connectivity index (χ2n) is 6.21. The number of hydrogen-bond donors (Lipinski definition) is 3. The Bertz CT molecular complexity index is 739. The Hall–Kier alpha value is -2.85. The van der Waals surface area contributed by atoms with Crippen molar-refractivity contribution in [1.29, 1.82) is 0 Å². The maximum Gasteiger partial charge on any atom is 0.416 e. The van der Waals surface area contributed by atoms with Gasteiger partial charge < -0.3 is 15.7 Å². The summed E-state index contributed by atoms with van der Waals surface area (Å²) in [5, 5.41) is 25.3. The molecule has 8 nitrogen and oxygen atoms in total. The lowest BCUT2D eigenvalue weighted by Gasteiger charge is -2.17. The molecule has 1 aromatic carbocycles. The predicted octanol–water partition coefficient (Wildman–Crippen LogP) is 2.79. The number of hydrogen-bond acceptors (Lipinski definition) is 5. The molecule has 0 aromatic heterocycles. The highest BCUT2D eigenvalue weighted by molar-refractivity contribution is 5.79. The minimum atomic E-state index is -4.70. The van der Waals surface area contributed by atoms with E-state index in [1.165, 1.54) is 0 Å². The number of carboxylic acids is 1. The summed E-state index contributed by atoms with van der Waals surface area (Å²) in [5.74, 6) is -2.05. The highest BCUT2D eigenvalue weighted by atomic mass is 19.4. The topological polar surface area (TPSA) is 122 Å². The van der Waals surface area contributed by atoms with Crippen molar-refractivity contribution in [3.8, 4) is 0 Å². The van der Waals surface area contributed by atoms with E-state index in [9.17, 15) is 32.9 Å². The average molecular weight is 389 g/mol. The third-order valence-electron chi connectivity index (χ3n) is 4.37. The number of halogens is 3. The van der Waals surface area contributed by atoms with Gasteiger partial charge >= 0.3 is 12.1 Å². The molecule has 0 radical (unpaired) electrons. The number of carboxylic acid groups (broad SMARTS) is 1. The van der Waals surface area contributed by atoms with Crippen LogP contribution < -0.4 is 10.6 Å². The number of rotatable bonds is 7. The molecule has 0 aliphatic heterocycles. The second kappa shape index (κ2) is 8.23. The van der Waals surface area contributed by atoms with Crippen molar-refractivity contribution >= 4 is 23.3 Å². The van der Waals surface area contributed by atoms with Gasteiger partial charge in [0.15, 0.2) is 0 Å². The van der Waals surface area contributed by atoms with Gasteiger partial charge in [-0.25, -0.2) is 0 Å². The van der Waals surface area contributed by atoms with E-state index in [1.54, 1.807) is 0 Å². The van der Waals surface area contributed by atoms with Crippen molar-refractivity contribution < 1.29 is 32.8 Å². The third-order valence-corrected chi connectivity index (χ3v) is 4.37. The van der Waals surface area contributed by atoms with Gasteiger partial charge in [-0.05, 0) is 25.0 Å². The van der Waals surface area contributed by atoms with E-state index in [0.29, 0.717) is 31.4 Å². The molecule has 1 fully saturated rings. The lowest BCUT2D eigenvalue weighted by atomic mass is 10.0. The summed E-state index contributed by atoms with van der Waals surface area (Å²) in [7, 11) is 0. The van der Waals surface area contributed by atoms with Gasteiger partial charge in [0.05, 0.1) is 16.4 Å². The lowest BCUT2D eigenvalue weighted by Crippen LogP contribution is -2.40. The molecule has 1 amide bonds. The highest BCUT2D eigenvalue weighted by Gasteiger charge is 2.34. The fourth-order valence-corrected chi connectivity index (χ4v) is 3.03. The first-order valence-electron chi connectivity index (χ1n) is 8.21. The van der Waals surface area contributed by atoms with Crippen LogP contribution in [0.5, 0.6) is 0 Å². The van der Waals surface area contributed by atoms with Crippen LogP contribution in [0.15, 0.2) is 18.2 Å². The molecule has 0 heterocycles. The molecule has 1 aromatic rings. The number of alkyl halides is 3. The maximum absolute atomic E-state index is 12.7. The van der Waals surface area contributed by atoms with E-state index < -0.39 is 46.2 Å². The zero-order chi connectivity index (χ0) is 20.2. The number of benzene rings is 1. The van der Waals surface area contributed by atoms with Gasteiger partial charge in [-0.2, -0.15) is 13.2 Å². The normalized spacial score (nSPS) is 19.5. The summed E-state index contributed by atoms with van der Waals surface area (Å²) in [6.07, 6.45) is -3.08. The number of nitrogens with one attached hydrogen (secondary N) is 2. The van der Waals surface area contributed by atoms with E-state index >= 15 is 0 Å². The van der Waals surface area contributed by atoms with E-state index in [0.717, 1.165) is 6.07 Å². The van der Waals surface area contributed by atoms with Crippen LogP contribution in [-0.2, 0) is 15.8 Å². The van der Waals surface area contributed by atoms with Gasteiger partial charge in [-0.3, -0.25) is 19.7 Å². The van der Waals surface area contributed by atoms with E-state index in [1.807, 2.05) is 0 Å². The number of anilines is 1.